The van der Waals surface area contributed by atoms with Crippen LogP contribution in [0.25, 0.3) is 87.5 Å². The van der Waals surface area contributed by atoms with Crippen LogP contribution in [0.3, 0.4) is 0 Å². The van der Waals surface area contributed by atoms with Gasteiger partial charge in [0.1, 0.15) is 11.0 Å². The van der Waals surface area contributed by atoms with Crippen LogP contribution in [0, 0.1) is 0 Å². The number of fused-ring (bicyclic) bond motifs is 14. The van der Waals surface area contributed by atoms with Crippen LogP contribution >= 0.6 is 0 Å². The molecule has 9 aromatic carbocycles. The fourth-order valence-electron chi connectivity index (χ4n) is 10.4. The summed E-state index contributed by atoms with van der Waals surface area (Å²) in [6.45, 7) is 0. The smallest absolute Gasteiger partial charge is 0.165 e. The van der Waals surface area contributed by atoms with Crippen molar-refractivity contribution in [3.8, 4) is 0 Å². The Kier molecular flexibility index (Phi) is 6.74. The third-order valence-corrected chi connectivity index (χ3v) is 12.9. The molecule has 62 heavy (non-hydrogen) atoms. The Bertz CT molecular complexity index is 3950. The van der Waals surface area contributed by atoms with Gasteiger partial charge in [-0.1, -0.05) is 146 Å². The van der Waals surface area contributed by atoms with E-state index in [-0.39, 0.29) is 0 Å². The highest BCUT2D eigenvalue weighted by Gasteiger charge is 2.29. The van der Waals surface area contributed by atoms with E-state index in [1.165, 1.54) is 32.3 Å². The first-order valence-corrected chi connectivity index (χ1v) is 21.1. The minimum Gasteiger partial charge on any atom is -0.308 e. The van der Waals surface area contributed by atoms with Gasteiger partial charge >= 0.3 is 0 Å². The Hall–Kier alpha value is -8.48. The van der Waals surface area contributed by atoms with Gasteiger partial charge in [-0.25, -0.2) is 9.97 Å². The van der Waals surface area contributed by atoms with Crippen molar-refractivity contribution < 1.29 is 0 Å². The summed E-state index contributed by atoms with van der Waals surface area (Å²) in [5, 5.41) is 9.35. The molecule has 0 aliphatic rings. The van der Waals surface area contributed by atoms with E-state index in [2.05, 4.69) is 225 Å². The van der Waals surface area contributed by atoms with E-state index in [1.807, 2.05) is 0 Å². The van der Waals surface area contributed by atoms with Crippen molar-refractivity contribution >= 4 is 122 Å². The highest BCUT2D eigenvalue weighted by atomic mass is 15.2. The molecule has 6 heteroatoms. The predicted molar refractivity (Wildman–Crippen MR) is 258 cm³/mol. The second-order valence-corrected chi connectivity index (χ2v) is 16.2. The molecule has 0 atom stereocenters. The number of para-hydroxylation sites is 7. The van der Waals surface area contributed by atoms with Crippen molar-refractivity contribution in [2.24, 2.45) is 0 Å². The average Bonchev–Trinajstić information content (AvgIpc) is 4.07. The molecule has 0 spiro atoms. The molecule has 5 aromatic heterocycles. The van der Waals surface area contributed by atoms with Gasteiger partial charge in [-0.05, 0) is 71.4 Å². The molecule has 14 rings (SSSR count). The van der Waals surface area contributed by atoms with Gasteiger partial charge in [0.15, 0.2) is 11.3 Å². The Morgan fingerprint density at radius 1 is 0.306 bits per heavy atom. The molecule has 0 radical (unpaired) electrons. The fraction of sp³-hybridized carbons (Fsp3) is 0. The van der Waals surface area contributed by atoms with E-state index in [9.17, 15) is 0 Å². The van der Waals surface area contributed by atoms with E-state index < -0.39 is 0 Å². The number of hydrogen-bond acceptors (Lipinski definition) is 4. The van der Waals surface area contributed by atoms with Gasteiger partial charge in [0.2, 0.25) is 0 Å². The lowest BCUT2D eigenvalue weighted by atomic mass is 10.0. The topological polar surface area (TPSA) is 41.1 Å². The van der Waals surface area contributed by atoms with Gasteiger partial charge in [0, 0.05) is 55.1 Å². The standard InChI is InChI=1S/C56H34N6/c1-5-19-36(20-6-1)59(37-21-7-2-8-22-37)46-33-17-29-42-41-28-15-31-44-49-55(61(51(41)44)53(42)46)57-50-45-32-16-30-43-48-40-27-14-13-18-35(40)34-47(54(48)62(52(43)45)56(50)58-49)60(38-23-9-3-10-24-38)39-25-11-4-12-26-39/h1-34H. The third-order valence-electron chi connectivity index (χ3n) is 12.9. The van der Waals surface area contributed by atoms with Crippen LogP contribution in [0.15, 0.2) is 206 Å². The number of hydrogen-bond donors (Lipinski definition) is 0. The number of anilines is 6. The molecule has 0 fully saturated rings. The minimum absolute atomic E-state index is 0.852. The minimum atomic E-state index is 0.852. The highest BCUT2D eigenvalue weighted by molar-refractivity contribution is 6.31. The Morgan fingerprint density at radius 3 is 1.27 bits per heavy atom. The SMILES string of the molecule is c1ccc(N(c2ccccc2)c2cccc3c4cccc5c6nc7c(nc6n(c23)c45)c2cccc3c4c5ccccc5cc(N(c5ccccc5)c5ccccc5)c4n7c23)cc1. The quantitative estimate of drug-likeness (QED) is 0.168. The molecule has 0 unspecified atom stereocenters. The molecular weight excluding hydrogens is 757 g/mol. The molecule has 6 nitrogen and oxygen atoms in total. The van der Waals surface area contributed by atoms with E-state index in [1.54, 1.807) is 0 Å². The summed E-state index contributed by atoms with van der Waals surface area (Å²) in [4.78, 5) is 16.3. The maximum Gasteiger partial charge on any atom is 0.165 e. The van der Waals surface area contributed by atoms with E-state index in [0.29, 0.717) is 0 Å². The second-order valence-electron chi connectivity index (χ2n) is 16.2. The third kappa shape index (κ3) is 4.42. The molecular formula is C56H34N6. The molecule has 0 N–H and O–H groups in total. The Balaban J connectivity index is 1.15. The lowest BCUT2D eigenvalue weighted by molar-refractivity contribution is 1.22. The lowest BCUT2D eigenvalue weighted by Crippen LogP contribution is -2.11. The van der Waals surface area contributed by atoms with Crippen molar-refractivity contribution in [3.63, 3.8) is 0 Å². The lowest BCUT2D eigenvalue weighted by Gasteiger charge is -2.27. The van der Waals surface area contributed by atoms with Crippen molar-refractivity contribution in [1.82, 2.24) is 18.8 Å². The largest absolute Gasteiger partial charge is 0.308 e. The highest BCUT2D eigenvalue weighted by Crippen LogP contribution is 2.50. The molecule has 0 aliphatic carbocycles. The number of rotatable bonds is 6. The van der Waals surface area contributed by atoms with Crippen molar-refractivity contribution in [3.05, 3.63) is 206 Å². The maximum absolute atomic E-state index is 5.78. The predicted octanol–water partition coefficient (Wildman–Crippen LogP) is 14.9. The fourth-order valence-corrected chi connectivity index (χ4v) is 10.4. The van der Waals surface area contributed by atoms with Gasteiger partial charge < -0.3 is 9.80 Å². The zero-order valence-electron chi connectivity index (χ0n) is 33.3. The van der Waals surface area contributed by atoms with Crippen LogP contribution < -0.4 is 9.80 Å². The molecule has 288 valence electrons. The number of nitrogens with zero attached hydrogens (tertiary/aromatic N) is 6. The van der Waals surface area contributed by atoms with Crippen LogP contribution in [0.1, 0.15) is 0 Å². The van der Waals surface area contributed by atoms with Crippen LogP contribution in [0.5, 0.6) is 0 Å². The van der Waals surface area contributed by atoms with Gasteiger partial charge in [-0.15, -0.1) is 0 Å². The molecule has 0 bridgehead atoms. The first-order chi connectivity index (χ1) is 30.8. The molecule has 5 heterocycles. The summed E-state index contributed by atoms with van der Waals surface area (Å²) in [6.07, 6.45) is 0. The van der Waals surface area contributed by atoms with Crippen LogP contribution in [-0.2, 0) is 0 Å². The van der Waals surface area contributed by atoms with Gasteiger partial charge in [0.25, 0.3) is 0 Å². The summed E-state index contributed by atoms with van der Waals surface area (Å²) in [6, 6.07) is 73.8. The summed E-state index contributed by atoms with van der Waals surface area (Å²) >= 11 is 0. The molecule has 0 aliphatic heterocycles. The summed E-state index contributed by atoms with van der Waals surface area (Å²) in [5.41, 5.74) is 14.5. The summed E-state index contributed by atoms with van der Waals surface area (Å²) in [7, 11) is 0. The first kappa shape index (κ1) is 33.4. The average molecular weight is 791 g/mol. The Labute approximate surface area is 355 Å². The second kappa shape index (κ2) is 12.5. The van der Waals surface area contributed by atoms with E-state index in [4.69, 9.17) is 9.97 Å². The van der Waals surface area contributed by atoms with Gasteiger partial charge in [-0.3, -0.25) is 8.80 Å². The van der Waals surface area contributed by atoms with Gasteiger partial charge in [-0.2, -0.15) is 0 Å². The van der Waals surface area contributed by atoms with E-state index in [0.717, 1.165) is 89.3 Å². The maximum atomic E-state index is 5.78. The van der Waals surface area contributed by atoms with E-state index >= 15 is 0 Å². The van der Waals surface area contributed by atoms with Crippen molar-refractivity contribution in [2.75, 3.05) is 9.80 Å². The van der Waals surface area contributed by atoms with Gasteiger partial charge in [0.05, 0.1) is 33.4 Å². The summed E-state index contributed by atoms with van der Waals surface area (Å²) < 4.78 is 4.79. The van der Waals surface area contributed by atoms with Crippen LogP contribution in [-0.4, -0.2) is 18.8 Å². The zero-order valence-corrected chi connectivity index (χ0v) is 33.3. The monoisotopic (exact) mass is 790 g/mol. The number of benzene rings is 9. The van der Waals surface area contributed by atoms with Crippen LogP contribution in [0.4, 0.5) is 34.1 Å². The zero-order chi connectivity index (χ0) is 40.5. The normalized spacial score (nSPS) is 12.2. The van der Waals surface area contributed by atoms with Crippen molar-refractivity contribution in [2.45, 2.75) is 0 Å². The number of aromatic nitrogens is 4. The molecule has 0 amide bonds. The van der Waals surface area contributed by atoms with Crippen molar-refractivity contribution in [1.29, 1.82) is 0 Å². The Morgan fingerprint density at radius 2 is 0.710 bits per heavy atom. The molecule has 14 aromatic rings. The summed E-state index contributed by atoms with van der Waals surface area (Å²) in [5.74, 6) is 0. The molecule has 0 saturated carbocycles. The van der Waals surface area contributed by atoms with Crippen LogP contribution in [0.2, 0.25) is 0 Å². The molecule has 0 saturated heterocycles. The first-order valence-electron chi connectivity index (χ1n) is 21.1.